The number of anilines is 1. The van der Waals surface area contributed by atoms with E-state index in [1.54, 1.807) is 16.8 Å². The fourth-order valence-corrected chi connectivity index (χ4v) is 5.14. The van der Waals surface area contributed by atoms with Gasteiger partial charge in [0.1, 0.15) is 12.2 Å². The summed E-state index contributed by atoms with van der Waals surface area (Å²) in [7, 11) is 1.78. The number of aromatic nitrogens is 3. The van der Waals surface area contributed by atoms with E-state index in [2.05, 4.69) is 35.1 Å². The maximum Gasteiger partial charge on any atom is 0.246 e. The van der Waals surface area contributed by atoms with Crippen LogP contribution in [0.5, 0.6) is 0 Å². The molecule has 1 saturated heterocycles. The van der Waals surface area contributed by atoms with Crippen LogP contribution in [0.3, 0.4) is 0 Å². The van der Waals surface area contributed by atoms with Crippen molar-refractivity contribution in [3.05, 3.63) is 35.5 Å². The third-order valence-electron chi connectivity index (χ3n) is 7.28. The average Bonchev–Trinajstić information content (AvgIpc) is 3.33. The van der Waals surface area contributed by atoms with E-state index in [9.17, 15) is 9.59 Å². The van der Waals surface area contributed by atoms with Gasteiger partial charge >= 0.3 is 0 Å². The number of hydrogen-bond donors (Lipinski definition) is 2. The van der Waals surface area contributed by atoms with Gasteiger partial charge in [0, 0.05) is 47.9 Å². The van der Waals surface area contributed by atoms with Gasteiger partial charge in [-0.3, -0.25) is 14.7 Å². The molecule has 1 aliphatic carbocycles. The van der Waals surface area contributed by atoms with Crippen molar-refractivity contribution in [1.29, 1.82) is 0 Å². The summed E-state index contributed by atoms with van der Waals surface area (Å²) >= 11 is 0. The molecule has 5 rings (SSSR count). The zero-order valence-electron chi connectivity index (χ0n) is 19.8. The lowest BCUT2D eigenvalue weighted by atomic mass is 9.76. The van der Waals surface area contributed by atoms with Crippen molar-refractivity contribution in [2.75, 3.05) is 25.0 Å². The normalized spacial score (nSPS) is 18.3. The second-order valence-corrected chi connectivity index (χ2v) is 10.4. The van der Waals surface area contributed by atoms with Gasteiger partial charge in [0.05, 0.1) is 5.69 Å². The van der Waals surface area contributed by atoms with Gasteiger partial charge in [-0.05, 0) is 55.7 Å². The molecular weight excluding hydrogens is 414 g/mol. The number of carbonyl (C=O) groups is 2. The van der Waals surface area contributed by atoms with Crippen LogP contribution in [0.1, 0.15) is 57.2 Å². The third kappa shape index (κ3) is 4.28. The first-order valence-corrected chi connectivity index (χ1v) is 12.0. The highest BCUT2D eigenvalue weighted by Gasteiger charge is 2.29. The standard InChI is InChI=1S/C26H33N5O2/c1-26(2)11-10-19-22(15-26)28-29-25(19)21-13-17-8-9-18(14-20(17)27-21)30(3)24(33)16-31-12-6-4-5-7-23(31)32/h8-9,13-14,27H,4-7,10-12,15-16H2,1-3H3,(H,28,29). The lowest BCUT2D eigenvalue weighted by Crippen LogP contribution is -2.41. The Balaban J connectivity index is 1.36. The van der Waals surface area contributed by atoms with E-state index in [0.717, 1.165) is 66.5 Å². The number of likely N-dealkylation sites (N-methyl/N-ethyl adjacent to an activating group) is 1. The molecule has 0 atom stereocenters. The van der Waals surface area contributed by atoms with Gasteiger partial charge < -0.3 is 14.8 Å². The Morgan fingerprint density at radius 3 is 2.88 bits per heavy atom. The molecule has 2 N–H and O–H groups in total. The van der Waals surface area contributed by atoms with Gasteiger partial charge in [0.25, 0.3) is 0 Å². The first-order chi connectivity index (χ1) is 15.8. The topological polar surface area (TPSA) is 85.1 Å². The molecule has 1 fully saturated rings. The number of amides is 2. The fraction of sp³-hybridized carbons (Fsp3) is 0.500. The molecule has 3 aromatic rings. The number of rotatable bonds is 4. The molecule has 0 spiro atoms. The third-order valence-corrected chi connectivity index (χ3v) is 7.28. The summed E-state index contributed by atoms with van der Waals surface area (Å²) in [6.07, 6.45) is 6.69. The highest BCUT2D eigenvalue weighted by Crippen LogP contribution is 2.38. The van der Waals surface area contributed by atoms with Crippen molar-refractivity contribution < 1.29 is 9.59 Å². The quantitative estimate of drug-likeness (QED) is 0.620. The molecule has 7 nitrogen and oxygen atoms in total. The monoisotopic (exact) mass is 447 g/mol. The number of nitrogens with zero attached hydrogens (tertiary/aromatic N) is 3. The van der Waals surface area contributed by atoms with Crippen LogP contribution in [0.25, 0.3) is 22.3 Å². The van der Waals surface area contributed by atoms with Crippen LogP contribution < -0.4 is 4.90 Å². The molecule has 2 aliphatic rings. The van der Waals surface area contributed by atoms with E-state index in [1.165, 1.54) is 11.3 Å². The number of aromatic amines is 2. The van der Waals surface area contributed by atoms with Crippen molar-refractivity contribution in [3.8, 4) is 11.4 Å². The molecule has 0 saturated carbocycles. The van der Waals surface area contributed by atoms with Crippen LogP contribution in [0, 0.1) is 5.41 Å². The Bertz CT molecular complexity index is 1200. The highest BCUT2D eigenvalue weighted by atomic mass is 16.2. The first-order valence-electron chi connectivity index (χ1n) is 12.0. The van der Waals surface area contributed by atoms with Crippen LogP contribution in [0.15, 0.2) is 24.3 Å². The molecule has 33 heavy (non-hydrogen) atoms. The molecule has 174 valence electrons. The van der Waals surface area contributed by atoms with E-state index in [4.69, 9.17) is 0 Å². The van der Waals surface area contributed by atoms with Crippen molar-refractivity contribution in [2.45, 2.75) is 58.8 Å². The Labute approximate surface area is 194 Å². The summed E-state index contributed by atoms with van der Waals surface area (Å²) in [5, 5.41) is 8.99. The zero-order chi connectivity index (χ0) is 23.2. The van der Waals surface area contributed by atoms with Crippen LogP contribution in [-0.4, -0.2) is 52.0 Å². The molecule has 0 unspecified atom stereocenters. The van der Waals surface area contributed by atoms with Crippen molar-refractivity contribution in [3.63, 3.8) is 0 Å². The van der Waals surface area contributed by atoms with E-state index in [1.807, 2.05) is 18.2 Å². The molecule has 2 aromatic heterocycles. The van der Waals surface area contributed by atoms with Crippen molar-refractivity contribution in [1.82, 2.24) is 20.1 Å². The average molecular weight is 448 g/mol. The van der Waals surface area contributed by atoms with Crippen LogP contribution in [-0.2, 0) is 22.4 Å². The number of nitrogens with one attached hydrogen (secondary N) is 2. The maximum absolute atomic E-state index is 12.9. The second kappa shape index (κ2) is 8.36. The molecule has 1 aliphatic heterocycles. The second-order valence-electron chi connectivity index (χ2n) is 10.4. The maximum atomic E-state index is 12.9. The lowest BCUT2D eigenvalue weighted by Gasteiger charge is -2.28. The predicted molar refractivity (Wildman–Crippen MR) is 130 cm³/mol. The summed E-state index contributed by atoms with van der Waals surface area (Å²) in [4.78, 5) is 32.1. The summed E-state index contributed by atoms with van der Waals surface area (Å²) in [6.45, 7) is 5.42. The minimum absolute atomic E-state index is 0.0691. The Morgan fingerprint density at radius 1 is 1.18 bits per heavy atom. The van der Waals surface area contributed by atoms with Gasteiger partial charge in [0.15, 0.2) is 0 Å². The number of fused-ring (bicyclic) bond motifs is 2. The first kappa shape index (κ1) is 21.7. The van der Waals surface area contributed by atoms with Crippen molar-refractivity contribution >= 4 is 28.4 Å². The number of benzene rings is 1. The van der Waals surface area contributed by atoms with E-state index in [0.29, 0.717) is 18.4 Å². The molecule has 0 radical (unpaired) electrons. The Hall–Kier alpha value is -3.09. The minimum atomic E-state index is -0.0691. The number of hydrogen-bond acceptors (Lipinski definition) is 3. The van der Waals surface area contributed by atoms with Gasteiger partial charge in [-0.2, -0.15) is 5.10 Å². The smallest absolute Gasteiger partial charge is 0.246 e. The van der Waals surface area contributed by atoms with Crippen LogP contribution in [0.2, 0.25) is 0 Å². The van der Waals surface area contributed by atoms with E-state index >= 15 is 0 Å². The van der Waals surface area contributed by atoms with Gasteiger partial charge in [-0.15, -0.1) is 0 Å². The largest absolute Gasteiger partial charge is 0.353 e. The Morgan fingerprint density at radius 2 is 2.03 bits per heavy atom. The molecule has 1 aromatic carbocycles. The van der Waals surface area contributed by atoms with Crippen LogP contribution >= 0.6 is 0 Å². The lowest BCUT2D eigenvalue weighted by molar-refractivity contribution is -0.134. The summed E-state index contributed by atoms with van der Waals surface area (Å²) in [6, 6.07) is 8.13. The summed E-state index contributed by atoms with van der Waals surface area (Å²) in [5.74, 6) is 0.0183. The fourth-order valence-electron chi connectivity index (χ4n) is 5.14. The van der Waals surface area contributed by atoms with Gasteiger partial charge in [-0.1, -0.05) is 26.3 Å². The summed E-state index contributed by atoms with van der Waals surface area (Å²) in [5.41, 5.74) is 6.66. The van der Waals surface area contributed by atoms with Crippen molar-refractivity contribution in [2.24, 2.45) is 5.41 Å². The predicted octanol–water partition coefficient (Wildman–Crippen LogP) is 4.44. The van der Waals surface area contributed by atoms with Crippen LogP contribution in [0.4, 0.5) is 5.69 Å². The number of likely N-dealkylation sites (tertiary alicyclic amines) is 1. The number of carbonyl (C=O) groups excluding carboxylic acids is 2. The molecular formula is C26H33N5O2. The molecule has 3 heterocycles. The molecule has 0 bridgehead atoms. The zero-order valence-corrected chi connectivity index (χ0v) is 19.8. The summed E-state index contributed by atoms with van der Waals surface area (Å²) < 4.78 is 0. The highest BCUT2D eigenvalue weighted by molar-refractivity contribution is 5.98. The SMILES string of the molecule is CN(C(=O)CN1CCCCCC1=O)c1ccc2cc(-c3n[nH]c4c3CCC(C)(C)C4)[nH]c2c1. The van der Waals surface area contributed by atoms with E-state index < -0.39 is 0 Å². The number of H-pyrrole nitrogens is 2. The van der Waals surface area contributed by atoms with Gasteiger partial charge in [0.2, 0.25) is 11.8 Å². The molecule has 7 heteroatoms. The Kier molecular flexibility index (Phi) is 5.51. The molecule has 2 amide bonds. The minimum Gasteiger partial charge on any atom is -0.353 e. The van der Waals surface area contributed by atoms with Gasteiger partial charge in [-0.25, -0.2) is 0 Å². The van der Waals surface area contributed by atoms with E-state index in [-0.39, 0.29) is 18.4 Å².